The summed E-state index contributed by atoms with van der Waals surface area (Å²) in [5.41, 5.74) is 2.82. The van der Waals surface area contributed by atoms with Gasteiger partial charge in [-0.05, 0) is 43.5 Å². The Morgan fingerprint density at radius 2 is 2.04 bits per heavy atom. The number of ether oxygens (including phenoxy) is 1. The molecule has 0 radical (unpaired) electrons. The van der Waals surface area contributed by atoms with Gasteiger partial charge in [-0.3, -0.25) is 9.48 Å². The maximum Gasteiger partial charge on any atom is 0.273 e. The van der Waals surface area contributed by atoms with Crippen LogP contribution in [0.1, 0.15) is 47.0 Å². The third-order valence-corrected chi connectivity index (χ3v) is 5.41. The second kappa shape index (κ2) is 8.63. The van der Waals surface area contributed by atoms with E-state index in [9.17, 15) is 4.79 Å². The average Bonchev–Trinajstić information content (AvgIpc) is 3.20. The van der Waals surface area contributed by atoms with Gasteiger partial charge in [0.15, 0.2) is 5.69 Å². The van der Waals surface area contributed by atoms with Crippen LogP contribution in [0.15, 0.2) is 30.5 Å². The van der Waals surface area contributed by atoms with E-state index in [2.05, 4.69) is 32.7 Å². The number of carbonyl (C=O) groups excluding carboxylic acids is 1. The molecule has 1 amide bonds. The summed E-state index contributed by atoms with van der Waals surface area (Å²) in [6.45, 7) is 5.16. The van der Waals surface area contributed by atoms with Crippen molar-refractivity contribution in [3.63, 3.8) is 0 Å². The lowest BCUT2D eigenvalue weighted by Crippen LogP contribution is -2.32. The van der Waals surface area contributed by atoms with Crippen molar-refractivity contribution in [1.29, 1.82) is 0 Å². The lowest BCUT2D eigenvalue weighted by atomic mass is 9.97. The first-order valence-corrected chi connectivity index (χ1v) is 9.90. The highest BCUT2D eigenvalue weighted by Crippen LogP contribution is 2.26. The fourth-order valence-electron chi connectivity index (χ4n) is 3.86. The average molecular weight is 369 g/mol. The highest BCUT2D eigenvalue weighted by atomic mass is 16.5. The summed E-state index contributed by atoms with van der Waals surface area (Å²) in [5, 5.41) is 11.1. The number of piperidine rings is 1. The maximum atomic E-state index is 12.4. The molecule has 0 saturated carbocycles. The summed E-state index contributed by atoms with van der Waals surface area (Å²) in [4.78, 5) is 14.9. The number of rotatable bonds is 6. The zero-order chi connectivity index (χ0) is 18.5. The molecule has 2 aliphatic heterocycles. The van der Waals surface area contributed by atoms with E-state index in [1.807, 2.05) is 12.1 Å². The summed E-state index contributed by atoms with van der Waals surface area (Å²) in [6.07, 6.45) is 6.43. The molecule has 7 nitrogen and oxygen atoms in total. The molecule has 1 fully saturated rings. The molecule has 1 saturated heterocycles. The zero-order valence-corrected chi connectivity index (χ0v) is 15.6. The second-order valence-corrected chi connectivity index (χ2v) is 7.29. The summed E-state index contributed by atoms with van der Waals surface area (Å²) < 4.78 is 7.60. The molecule has 1 aromatic carbocycles. The van der Waals surface area contributed by atoms with Gasteiger partial charge in [0.2, 0.25) is 0 Å². The van der Waals surface area contributed by atoms with Crippen LogP contribution in [0.4, 0.5) is 0 Å². The number of benzene rings is 1. The minimum Gasteiger partial charge on any atom is -0.371 e. The number of fused-ring (bicyclic) bond motifs is 1. The van der Waals surface area contributed by atoms with E-state index in [0.717, 1.165) is 38.2 Å². The van der Waals surface area contributed by atoms with E-state index in [1.54, 1.807) is 10.9 Å². The predicted molar refractivity (Wildman–Crippen MR) is 101 cm³/mol. The van der Waals surface area contributed by atoms with Gasteiger partial charge in [-0.1, -0.05) is 35.9 Å². The van der Waals surface area contributed by atoms with Crippen molar-refractivity contribution in [3.8, 4) is 0 Å². The van der Waals surface area contributed by atoms with Gasteiger partial charge in [0.25, 0.3) is 5.91 Å². The van der Waals surface area contributed by atoms with Crippen molar-refractivity contribution < 1.29 is 9.53 Å². The Hall–Kier alpha value is -2.25. The number of aromatic nitrogens is 3. The third-order valence-electron chi connectivity index (χ3n) is 5.41. The van der Waals surface area contributed by atoms with Gasteiger partial charge in [0.05, 0.1) is 19.3 Å². The zero-order valence-electron chi connectivity index (χ0n) is 15.6. The minimum atomic E-state index is -0.203. The van der Waals surface area contributed by atoms with E-state index in [-0.39, 0.29) is 12.0 Å². The molecule has 0 spiro atoms. The van der Waals surface area contributed by atoms with Gasteiger partial charge in [0.1, 0.15) is 6.10 Å². The molecule has 0 unspecified atom stereocenters. The van der Waals surface area contributed by atoms with Crippen LogP contribution in [-0.2, 0) is 17.7 Å². The Labute approximate surface area is 159 Å². The Kier molecular flexibility index (Phi) is 5.79. The molecule has 2 aromatic rings. The fourth-order valence-corrected chi connectivity index (χ4v) is 3.86. The molecule has 2 aliphatic rings. The van der Waals surface area contributed by atoms with Gasteiger partial charge in [-0.2, -0.15) is 0 Å². The van der Waals surface area contributed by atoms with Crippen molar-refractivity contribution in [2.24, 2.45) is 0 Å². The standard InChI is InChI=1S/C20H27N5O2/c26-20(21-14-19-17-7-3-2-6-16(17)8-13-27-19)18-15-25(23-22-18)12-11-24-9-4-1-5-10-24/h2-3,6-7,15,19H,1,4-5,8-14H2,(H,21,26)/t19-/m0/s1. The fraction of sp³-hybridized carbons (Fsp3) is 0.550. The van der Waals surface area contributed by atoms with Gasteiger partial charge in [-0.25, -0.2) is 0 Å². The lowest BCUT2D eigenvalue weighted by Gasteiger charge is -2.26. The number of nitrogens with zero attached hydrogens (tertiary/aromatic N) is 4. The largest absolute Gasteiger partial charge is 0.371 e. The molecule has 4 rings (SSSR count). The van der Waals surface area contributed by atoms with Crippen molar-refractivity contribution >= 4 is 5.91 Å². The summed E-state index contributed by atoms with van der Waals surface area (Å²) in [5.74, 6) is -0.203. The van der Waals surface area contributed by atoms with Gasteiger partial charge < -0.3 is 15.0 Å². The number of nitrogens with one attached hydrogen (secondary N) is 1. The highest BCUT2D eigenvalue weighted by Gasteiger charge is 2.22. The summed E-state index contributed by atoms with van der Waals surface area (Å²) >= 11 is 0. The van der Waals surface area contributed by atoms with Crippen LogP contribution >= 0.6 is 0 Å². The van der Waals surface area contributed by atoms with Crippen LogP contribution in [-0.4, -0.2) is 58.6 Å². The van der Waals surface area contributed by atoms with Crippen LogP contribution in [0, 0.1) is 0 Å². The number of hydrogen-bond donors (Lipinski definition) is 1. The first kappa shape index (κ1) is 18.1. The first-order valence-electron chi connectivity index (χ1n) is 9.90. The number of hydrogen-bond acceptors (Lipinski definition) is 5. The first-order chi connectivity index (χ1) is 13.3. The summed E-state index contributed by atoms with van der Waals surface area (Å²) in [6, 6.07) is 8.25. The van der Waals surface area contributed by atoms with E-state index in [1.165, 1.54) is 24.8 Å². The second-order valence-electron chi connectivity index (χ2n) is 7.29. The molecular weight excluding hydrogens is 342 g/mol. The van der Waals surface area contributed by atoms with Crippen molar-refractivity contribution in [1.82, 2.24) is 25.2 Å². The normalized spacial score (nSPS) is 20.2. The Morgan fingerprint density at radius 3 is 2.93 bits per heavy atom. The van der Waals surface area contributed by atoms with Crippen LogP contribution in [0.2, 0.25) is 0 Å². The van der Waals surface area contributed by atoms with Crippen LogP contribution in [0.5, 0.6) is 0 Å². The number of carbonyl (C=O) groups is 1. The SMILES string of the molecule is O=C(NC[C@@H]1OCCc2ccccc21)c1cn(CCN2CCCCC2)nn1. The van der Waals surface area contributed by atoms with Crippen LogP contribution in [0.3, 0.4) is 0 Å². The molecule has 7 heteroatoms. The molecule has 3 heterocycles. The van der Waals surface area contributed by atoms with E-state index in [4.69, 9.17) is 4.74 Å². The Balaban J connectivity index is 1.28. The smallest absolute Gasteiger partial charge is 0.273 e. The van der Waals surface area contributed by atoms with E-state index < -0.39 is 0 Å². The molecule has 0 bridgehead atoms. The highest BCUT2D eigenvalue weighted by molar-refractivity contribution is 5.91. The predicted octanol–water partition coefficient (Wildman–Crippen LogP) is 1.81. The minimum absolute atomic E-state index is 0.104. The number of amides is 1. The maximum absolute atomic E-state index is 12.4. The van der Waals surface area contributed by atoms with E-state index >= 15 is 0 Å². The van der Waals surface area contributed by atoms with E-state index in [0.29, 0.717) is 18.8 Å². The molecule has 1 N–H and O–H groups in total. The van der Waals surface area contributed by atoms with Crippen molar-refractivity contribution in [2.75, 3.05) is 32.8 Å². The molecule has 1 atom stereocenters. The Bertz CT molecular complexity index is 769. The third kappa shape index (κ3) is 4.54. The molecule has 144 valence electrons. The lowest BCUT2D eigenvalue weighted by molar-refractivity contribution is 0.0411. The quantitative estimate of drug-likeness (QED) is 0.841. The van der Waals surface area contributed by atoms with Crippen molar-refractivity contribution in [2.45, 2.75) is 38.3 Å². The number of likely N-dealkylation sites (tertiary alicyclic amines) is 1. The summed E-state index contributed by atoms with van der Waals surface area (Å²) in [7, 11) is 0. The van der Waals surface area contributed by atoms with Gasteiger partial charge in [-0.15, -0.1) is 5.10 Å². The monoisotopic (exact) mass is 369 g/mol. The van der Waals surface area contributed by atoms with Gasteiger partial charge in [0, 0.05) is 13.1 Å². The topological polar surface area (TPSA) is 72.3 Å². The Morgan fingerprint density at radius 1 is 1.19 bits per heavy atom. The molecule has 1 aromatic heterocycles. The van der Waals surface area contributed by atoms with Crippen LogP contribution < -0.4 is 5.32 Å². The molecule has 0 aliphatic carbocycles. The van der Waals surface area contributed by atoms with Gasteiger partial charge >= 0.3 is 0 Å². The molecule has 27 heavy (non-hydrogen) atoms. The van der Waals surface area contributed by atoms with Crippen molar-refractivity contribution in [3.05, 3.63) is 47.3 Å². The molecular formula is C20H27N5O2. The van der Waals surface area contributed by atoms with Crippen LogP contribution in [0.25, 0.3) is 0 Å².